The van der Waals surface area contributed by atoms with Gasteiger partial charge in [-0.3, -0.25) is 9.78 Å². The van der Waals surface area contributed by atoms with Gasteiger partial charge in [0, 0.05) is 33.4 Å². The highest BCUT2D eigenvalue weighted by atomic mass is 79.9. The number of nitrogens with zero attached hydrogens (tertiary/aromatic N) is 1. The zero-order valence-electron chi connectivity index (χ0n) is 10.3. The van der Waals surface area contributed by atoms with Crippen LogP contribution < -0.4 is 0 Å². The molecule has 2 aromatic carbocycles. The summed E-state index contributed by atoms with van der Waals surface area (Å²) in [5.41, 5.74) is 0.774. The number of carbonyl (C=O) groups is 1. The lowest BCUT2D eigenvalue weighted by Gasteiger charge is -2.06. The van der Waals surface area contributed by atoms with Gasteiger partial charge in [0.1, 0.15) is 5.82 Å². The fraction of sp³-hybridized carbons (Fsp3) is 0. The fourth-order valence-corrected chi connectivity index (χ4v) is 2.60. The van der Waals surface area contributed by atoms with Crippen LogP contribution in [-0.2, 0) is 0 Å². The van der Waals surface area contributed by atoms with E-state index < -0.39 is 5.82 Å². The number of hydrogen-bond acceptors (Lipinski definition) is 2. The maximum atomic E-state index is 13.4. The molecule has 3 rings (SSSR count). The molecule has 0 atom stereocenters. The first-order valence-corrected chi connectivity index (χ1v) is 6.78. The Morgan fingerprint density at radius 1 is 1.10 bits per heavy atom. The molecule has 1 aromatic heterocycles. The summed E-state index contributed by atoms with van der Waals surface area (Å²) in [7, 11) is 0. The van der Waals surface area contributed by atoms with Gasteiger partial charge in [0.2, 0.25) is 0 Å². The van der Waals surface area contributed by atoms with Crippen LogP contribution in [0, 0.1) is 5.82 Å². The van der Waals surface area contributed by atoms with Crippen LogP contribution in [0.3, 0.4) is 0 Å². The minimum atomic E-state index is -0.448. The zero-order chi connectivity index (χ0) is 14.1. The highest BCUT2D eigenvalue weighted by Gasteiger charge is 2.14. The lowest BCUT2D eigenvalue weighted by atomic mass is 10.00. The summed E-state index contributed by atoms with van der Waals surface area (Å²) in [4.78, 5) is 16.6. The molecule has 0 radical (unpaired) electrons. The van der Waals surface area contributed by atoms with Crippen LogP contribution >= 0.6 is 15.9 Å². The van der Waals surface area contributed by atoms with Crippen molar-refractivity contribution < 1.29 is 9.18 Å². The van der Waals surface area contributed by atoms with Crippen LogP contribution in [0.25, 0.3) is 10.8 Å². The average molecular weight is 330 g/mol. The molecule has 0 aliphatic heterocycles. The number of hydrogen-bond donors (Lipinski definition) is 0. The molecule has 3 aromatic rings. The number of rotatable bonds is 2. The van der Waals surface area contributed by atoms with Crippen LogP contribution in [0.15, 0.2) is 59.3 Å². The molecule has 4 heteroatoms. The van der Waals surface area contributed by atoms with Crippen molar-refractivity contribution in [2.75, 3.05) is 0 Å². The number of pyridine rings is 1. The summed E-state index contributed by atoms with van der Waals surface area (Å²) < 4.78 is 14.0. The molecule has 20 heavy (non-hydrogen) atoms. The van der Waals surface area contributed by atoms with Gasteiger partial charge in [0.05, 0.1) is 0 Å². The molecule has 2 nitrogen and oxygen atoms in total. The third-order valence-corrected chi connectivity index (χ3v) is 3.50. The van der Waals surface area contributed by atoms with Gasteiger partial charge >= 0.3 is 0 Å². The van der Waals surface area contributed by atoms with Gasteiger partial charge in [0.25, 0.3) is 0 Å². The summed E-state index contributed by atoms with van der Waals surface area (Å²) in [5.74, 6) is -0.689. The Labute approximate surface area is 123 Å². The second-order valence-electron chi connectivity index (χ2n) is 4.40. The van der Waals surface area contributed by atoms with Crippen LogP contribution in [0.5, 0.6) is 0 Å². The second-order valence-corrected chi connectivity index (χ2v) is 5.31. The molecule has 98 valence electrons. The maximum absolute atomic E-state index is 13.4. The van der Waals surface area contributed by atoms with E-state index in [1.54, 1.807) is 12.3 Å². The van der Waals surface area contributed by atoms with Gasteiger partial charge in [0.15, 0.2) is 5.78 Å². The Balaban J connectivity index is 2.17. The van der Waals surface area contributed by atoms with E-state index in [0.29, 0.717) is 15.6 Å². The molecule has 1 heterocycles. The maximum Gasteiger partial charge on any atom is 0.195 e. The molecule has 0 spiro atoms. The van der Waals surface area contributed by atoms with E-state index in [1.165, 1.54) is 18.3 Å². The lowest BCUT2D eigenvalue weighted by molar-refractivity contribution is 0.103. The lowest BCUT2D eigenvalue weighted by Crippen LogP contribution is -2.03. The minimum absolute atomic E-state index is 0.241. The third kappa shape index (κ3) is 2.34. The van der Waals surface area contributed by atoms with E-state index in [9.17, 15) is 9.18 Å². The summed E-state index contributed by atoms with van der Waals surface area (Å²) in [5, 5.41) is 1.70. The van der Waals surface area contributed by atoms with Gasteiger partial charge in [-0.1, -0.05) is 40.2 Å². The number of ketones is 1. The van der Waals surface area contributed by atoms with Crippen LogP contribution in [0.4, 0.5) is 4.39 Å². The third-order valence-electron chi connectivity index (χ3n) is 3.04. The van der Waals surface area contributed by atoms with Crippen molar-refractivity contribution in [3.8, 4) is 0 Å². The molecule has 0 saturated carbocycles. The first-order valence-electron chi connectivity index (χ1n) is 5.99. The molecule has 0 saturated heterocycles. The predicted molar refractivity (Wildman–Crippen MR) is 79.3 cm³/mol. The van der Waals surface area contributed by atoms with Crippen LogP contribution in [0.1, 0.15) is 15.9 Å². The number of carbonyl (C=O) groups excluding carboxylic acids is 1. The molecule has 0 N–H and O–H groups in total. The van der Waals surface area contributed by atoms with Crippen LogP contribution in [-0.4, -0.2) is 10.8 Å². The molecule has 0 unspecified atom stereocenters. The van der Waals surface area contributed by atoms with E-state index in [0.717, 1.165) is 10.8 Å². The largest absolute Gasteiger partial charge is 0.289 e. The van der Waals surface area contributed by atoms with Crippen molar-refractivity contribution >= 4 is 32.5 Å². The zero-order valence-corrected chi connectivity index (χ0v) is 11.9. The normalized spacial score (nSPS) is 10.7. The van der Waals surface area contributed by atoms with E-state index >= 15 is 0 Å². The Bertz CT molecular complexity index is 791. The average Bonchev–Trinajstić information content (AvgIpc) is 2.45. The number of aromatic nitrogens is 1. The van der Waals surface area contributed by atoms with E-state index in [-0.39, 0.29) is 5.78 Å². The van der Waals surface area contributed by atoms with Crippen molar-refractivity contribution in [1.82, 2.24) is 4.98 Å². The second kappa shape index (κ2) is 5.13. The number of halogens is 2. The Morgan fingerprint density at radius 2 is 1.90 bits per heavy atom. The molecule has 0 aliphatic rings. The van der Waals surface area contributed by atoms with Gasteiger partial charge in [-0.25, -0.2) is 4.39 Å². The Hall–Kier alpha value is -2.07. The SMILES string of the molecule is O=C(c1cc(F)cc(Br)c1)c1cncc2ccccc12. The molecular formula is C16H9BrFNO. The summed E-state index contributed by atoms with van der Waals surface area (Å²) in [6, 6.07) is 11.6. The number of fused-ring (bicyclic) bond motifs is 1. The molecule has 0 fully saturated rings. The molecule has 0 bridgehead atoms. The quantitative estimate of drug-likeness (QED) is 0.653. The van der Waals surface area contributed by atoms with Crippen LogP contribution in [0.2, 0.25) is 0 Å². The molecule has 0 aliphatic carbocycles. The van der Waals surface area contributed by atoms with Crippen molar-refractivity contribution in [1.29, 1.82) is 0 Å². The Kier molecular flexibility index (Phi) is 3.32. The molecule has 0 amide bonds. The monoisotopic (exact) mass is 329 g/mol. The fourth-order valence-electron chi connectivity index (χ4n) is 2.14. The Morgan fingerprint density at radius 3 is 2.70 bits per heavy atom. The minimum Gasteiger partial charge on any atom is -0.289 e. The van der Waals surface area contributed by atoms with Crippen molar-refractivity contribution in [2.24, 2.45) is 0 Å². The summed E-state index contributed by atoms with van der Waals surface area (Å²) in [6.45, 7) is 0. The van der Waals surface area contributed by atoms with Gasteiger partial charge in [-0.05, 0) is 23.6 Å². The van der Waals surface area contributed by atoms with E-state index in [2.05, 4.69) is 20.9 Å². The van der Waals surface area contributed by atoms with Gasteiger partial charge in [-0.15, -0.1) is 0 Å². The standard InChI is InChI=1S/C16H9BrFNO/c17-12-5-11(6-13(18)7-12)16(20)15-9-19-8-10-3-1-2-4-14(10)15/h1-9H. The first kappa shape index (κ1) is 12.9. The highest BCUT2D eigenvalue weighted by Crippen LogP contribution is 2.22. The van der Waals surface area contributed by atoms with E-state index in [1.807, 2.05) is 24.3 Å². The van der Waals surface area contributed by atoms with Crippen molar-refractivity contribution in [2.45, 2.75) is 0 Å². The highest BCUT2D eigenvalue weighted by molar-refractivity contribution is 9.10. The summed E-state index contributed by atoms with van der Waals surface area (Å²) >= 11 is 3.20. The van der Waals surface area contributed by atoms with E-state index in [4.69, 9.17) is 0 Å². The first-order chi connectivity index (χ1) is 9.65. The van der Waals surface area contributed by atoms with Gasteiger partial charge in [-0.2, -0.15) is 0 Å². The topological polar surface area (TPSA) is 30.0 Å². The van der Waals surface area contributed by atoms with Crippen molar-refractivity contribution in [3.05, 3.63) is 76.3 Å². The summed E-state index contributed by atoms with van der Waals surface area (Å²) in [6.07, 6.45) is 3.22. The number of benzene rings is 2. The van der Waals surface area contributed by atoms with Crippen molar-refractivity contribution in [3.63, 3.8) is 0 Å². The molecular weight excluding hydrogens is 321 g/mol. The smallest absolute Gasteiger partial charge is 0.195 e. The van der Waals surface area contributed by atoms with Gasteiger partial charge < -0.3 is 0 Å². The predicted octanol–water partition coefficient (Wildman–Crippen LogP) is 4.37.